The Morgan fingerprint density at radius 2 is 2.10 bits per heavy atom. The van der Waals surface area contributed by atoms with E-state index in [1.807, 2.05) is 18.2 Å². The van der Waals surface area contributed by atoms with Crippen LogP contribution in [0.15, 0.2) is 36.5 Å². The molecule has 0 saturated carbocycles. The highest BCUT2D eigenvalue weighted by Crippen LogP contribution is 2.15. The van der Waals surface area contributed by atoms with Crippen LogP contribution < -0.4 is 11.1 Å². The van der Waals surface area contributed by atoms with Crippen molar-refractivity contribution >= 4 is 11.6 Å². The highest BCUT2D eigenvalue weighted by atomic mass is 16.1. The van der Waals surface area contributed by atoms with Crippen molar-refractivity contribution < 1.29 is 4.79 Å². The largest absolute Gasteiger partial charge is 0.397 e. The fourth-order valence-corrected chi connectivity index (χ4v) is 1.84. The van der Waals surface area contributed by atoms with Crippen molar-refractivity contribution in [3.8, 4) is 5.69 Å². The molecule has 1 amide bonds. The molecule has 2 aromatic rings. The monoisotopic (exact) mass is 272 g/mol. The normalized spacial score (nSPS) is 10.8. The zero-order valence-corrected chi connectivity index (χ0v) is 11.8. The van der Waals surface area contributed by atoms with E-state index >= 15 is 0 Å². The lowest BCUT2D eigenvalue weighted by molar-refractivity contribution is 0.0946. The Morgan fingerprint density at radius 3 is 2.80 bits per heavy atom. The Kier molecular flexibility index (Phi) is 4.40. The number of amides is 1. The van der Waals surface area contributed by atoms with Crippen molar-refractivity contribution in [3.05, 3.63) is 42.2 Å². The topological polar surface area (TPSA) is 72.9 Å². The third kappa shape index (κ3) is 3.38. The van der Waals surface area contributed by atoms with Gasteiger partial charge in [-0.25, -0.2) is 4.68 Å². The highest BCUT2D eigenvalue weighted by Gasteiger charge is 2.10. The minimum Gasteiger partial charge on any atom is -0.397 e. The molecule has 0 atom stereocenters. The maximum Gasteiger partial charge on any atom is 0.271 e. The second-order valence-corrected chi connectivity index (χ2v) is 5.14. The lowest BCUT2D eigenvalue weighted by Gasteiger charge is -2.06. The van der Waals surface area contributed by atoms with Gasteiger partial charge in [0.15, 0.2) is 5.69 Å². The van der Waals surface area contributed by atoms with E-state index in [1.165, 1.54) is 0 Å². The molecule has 0 aliphatic heterocycles. The van der Waals surface area contributed by atoms with E-state index in [-0.39, 0.29) is 5.91 Å². The SMILES string of the molecule is CC(C)CCNC(=O)c1ccn(-c2ccccc2N)n1. The van der Waals surface area contributed by atoms with Gasteiger partial charge in [-0.05, 0) is 30.5 Å². The Bertz CT molecular complexity index is 589. The molecule has 0 aliphatic rings. The Morgan fingerprint density at radius 1 is 1.35 bits per heavy atom. The second kappa shape index (κ2) is 6.23. The predicted molar refractivity (Wildman–Crippen MR) is 79.8 cm³/mol. The molecule has 5 heteroatoms. The van der Waals surface area contributed by atoms with E-state index in [9.17, 15) is 4.79 Å². The number of nitrogens with zero attached hydrogens (tertiary/aromatic N) is 2. The summed E-state index contributed by atoms with van der Waals surface area (Å²) < 4.78 is 1.62. The summed E-state index contributed by atoms with van der Waals surface area (Å²) in [6.07, 6.45) is 2.70. The molecule has 0 bridgehead atoms. The van der Waals surface area contributed by atoms with Crippen molar-refractivity contribution in [1.82, 2.24) is 15.1 Å². The molecule has 1 heterocycles. The first-order chi connectivity index (χ1) is 9.58. The van der Waals surface area contributed by atoms with Gasteiger partial charge in [0.05, 0.1) is 11.4 Å². The standard InChI is InChI=1S/C15H20N4O/c1-11(2)7-9-17-15(20)13-8-10-19(18-13)14-6-4-3-5-12(14)16/h3-6,8,10-11H,7,9,16H2,1-2H3,(H,17,20). The minimum absolute atomic E-state index is 0.154. The van der Waals surface area contributed by atoms with Crippen LogP contribution in [0.2, 0.25) is 0 Å². The number of nitrogens with one attached hydrogen (secondary N) is 1. The van der Waals surface area contributed by atoms with Gasteiger partial charge < -0.3 is 11.1 Å². The molecule has 1 aromatic heterocycles. The number of hydrogen-bond donors (Lipinski definition) is 2. The Labute approximate surface area is 118 Å². The number of hydrogen-bond acceptors (Lipinski definition) is 3. The van der Waals surface area contributed by atoms with Crippen molar-refractivity contribution in [2.45, 2.75) is 20.3 Å². The third-order valence-corrected chi connectivity index (χ3v) is 3.01. The lowest BCUT2D eigenvalue weighted by atomic mass is 10.1. The van der Waals surface area contributed by atoms with Crippen LogP contribution in [0.5, 0.6) is 0 Å². The molecule has 3 N–H and O–H groups in total. The van der Waals surface area contributed by atoms with E-state index in [0.29, 0.717) is 23.8 Å². The number of nitrogens with two attached hydrogens (primary N) is 1. The number of carbonyl (C=O) groups is 1. The van der Waals surface area contributed by atoms with Gasteiger partial charge >= 0.3 is 0 Å². The average Bonchev–Trinajstić information content (AvgIpc) is 2.88. The van der Waals surface area contributed by atoms with E-state index in [1.54, 1.807) is 23.0 Å². The maximum absolute atomic E-state index is 11.9. The summed E-state index contributed by atoms with van der Waals surface area (Å²) in [5.41, 5.74) is 7.69. The van der Waals surface area contributed by atoms with Gasteiger partial charge in [0.2, 0.25) is 0 Å². The van der Waals surface area contributed by atoms with Crippen LogP contribution in [0.1, 0.15) is 30.8 Å². The highest BCUT2D eigenvalue weighted by molar-refractivity contribution is 5.92. The quantitative estimate of drug-likeness (QED) is 0.820. The summed E-state index contributed by atoms with van der Waals surface area (Å²) in [7, 11) is 0. The smallest absolute Gasteiger partial charge is 0.271 e. The van der Waals surface area contributed by atoms with Gasteiger partial charge in [-0.15, -0.1) is 0 Å². The number of carbonyl (C=O) groups excluding carboxylic acids is 1. The number of nitrogen functional groups attached to an aromatic ring is 1. The molecular weight excluding hydrogens is 252 g/mol. The zero-order valence-electron chi connectivity index (χ0n) is 11.8. The van der Waals surface area contributed by atoms with Gasteiger partial charge in [0.25, 0.3) is 5.91 Å². The molecule has 0 radical (unpaired) electrons. The molecule has 0 saturated heterocycles. The number of aromatic nitrogens is 2. The molecule has 2 rings (SSSR count). The van der Waals surface area contributed by atoms with Crippen molar-refractivity contribution in [1.29, 1.82) is 0 Å². The molecule has 20 heavy (non-hydrogen) atoms. The fourth-order valence-electron chi connectivity index (χ4n) is 1.84. The first kappa shape index (κ1) is 14.1. The van der Waals surface area contributed by atoms with Crippen LogP contribution in [0.3, 0.4) is 0 Å². The van der Waals surface area contributed by atoms with Gasteiger partial charge in [-0.2, -0.15) is 5.10 Å². The van der Waals surface area contributed by atoms with E-state index in [4.69, 9.17) is 5.73 Å². The van der Waals surface area contributed by atoms with E-state index in [0.717, 1.165) is 12.1 Å². The van der Waals surface area contributed by atoms with Crippen LogP contribution in [0.4, 0.5) is 5.69 Å². The van der Waals surface area contributed by atoms with Gasteiger partial charge in [-0.1, -0.05) is 26.0 Å². The van der Waals surface area contributed by atoms with Gasteiger partial charge in [0, 0.05) is 12.7 Å². The summed E-state index contributed by atoms with van der Waals surface area (Å²) in [4.78, 5) is 11.9. The minimum atomic E-state index is -0.154. The summed E-state index contributed by atoms with van der Waals surface area (Å²) >= 11 is 0. The summed E-state index contributed by atoms with van der Waals surface area (Å²) in [6.45, 7) is 4.91. The maximum atomic E-state index is 11.9. The molecule has 0 spiro atoms. The van der Waals surface area contributed by atoms with Crippen LogP contribution >= 0.6 is 0 Å². The van der Waals surface area contributed by atoms with E-state index < -0.39 is 0 Å². The lowest BCUT2D eigenvalue weighted by Crippen LogP contribution is -2.25. The van der Waals surface area contributed by atoms with Crippen molar-refractivity contribution in [3.63, 3.8) is 0 Å². The third-order valence-electron chi connectivity index (χ3n) is 3.01. The van der Waals surface area contributed by atoms with E-state index in [2.05, 4.69) is 24.3 Å². The molecular formula is C15H20N4O. The molecule has 1 aromatic carbocycles. The molecule has 106 valence electrons. The number of rotatable bonds is 5. The van der Waals surface area contributed by atoms with Gasteiger partial charge in [0.1, 0.15) is 0 Å². The van der Waals surface area contributed by atoms with Crippen LogP contribution in [0, 0.1) is 5.92 Å². The number of anilines is 1. The second-order valence-electron chi connectivity index (χ2n) is 5.14. The first-order valence-electron chi connectivity index (χ1n) is 6.76. The van der Waals surface area contributed by atoms with Crippen molar-refractivity contribution in [2.24, 2.45) is 5.92 Å². The summed E-state index contributed by atoms with van der Waals surface area (Å²) in [5.74, 6) is 0.413. The Hall–Kier alpha value is -2.30. The summed E-state index contributed by atoms with van der Waals surface area (Å²) in [5, 5.41) is 7.13. The van der Waals surface area contributed by atoms with Gasteiger partial charge in [-0.3, -0.25) is 4.79 Å². The van der Waals surface area contributed by atoms with Crippen LogP contribution in [-0.4, -0.2) is 22.2 Å². The predicted octanol–water partition coefficient (Wildman–Crippen LogP) is 2.23. The van der Waals surface area contributed by atoms with Crippen LogP contribution in [0.25, 0.3) is 5.69 Å². The average molecular weight is 272 g/mol. The number of para-hydroxylation sites is 2. The zero-order chi connectivity index (χ0) is 14.5. The molecule has 0 fully saturated rings. The molecule has 5 nitrogen and oxygen atoms in total. The fraction of sp³-hybridized carbons (Fsp3) is 0.333. The summed E-state index contributed by atoms with van der Waals surface area (Å²) in [6, 6.07) is 9.11. The number of benzene rings is 1. The van der Waals surface area contributed by atoms with Crippen molar-refractivity contribution in [2.75, 3.05) is 12.3 Å². The first-order valence-corrected chi connectivity index (χ1v) is 6.76. The Balaban J connectivity index is 2.06. The van der Waals surface area contributed by atoms with Crippen LogP contribution in [-0.2, 0) is 0 Å². The molecule has 0 unspecified atom stereocenters. The molecule has 0 aliphatic carbocycles.